The van der Waals surface area contributed by atoms with Gasteiger partial charge in [-0.1, -0.05) is 6.07 Å². The van der Waals surface area contributed by atoms with Gasteiger partial charge in [-0.25, -0.2) is 14.4 Å². The molecule has 5 nitrogen and oxygen atoms in total. The van der Waals surface area contributed by atoms with Crippen molar-refractivity contribution in [3.05, 3.63) is 48.5 Å². The summed E-state index contributed by atoms with van der Waals surface area (Å²) >= 11 is 0. The van der Waals surface area contributed by atoms with Crippen molar-refractivity contribution < 1.29 is 9.18 Å². The number of carbonyl (C=O) groups excluding carboxylic acids is 1. The quantitative estimate of drug-likeness (QED) is 0.946. The van der Waals surface area contributed by atoms with Crippen LogP contribution in [-0.2, 0) is 4.79 Å². The maximum atomic E-state index is 13.8. The Morgan fingerprint density at radius 1 is 1.23 bits per heavy atom. The van der Waals surface area contributed by atoms with E-state index in [9.17, 15) is 9.18 Å². The second kappa shape index (κ2) is 6.51. The Morgan fingerprint density at radius 3 is 2.86 bits per heavy atom. The summed E-state index contributed by atoms with van der Waals surface area (Å²) in [6.45, 7) is 1.17. The van der Waals surface area contributed by atoms with Crippen LogP contribution in [0.5, 0.6) is 0 Å². The standard InChI is InChI=1S/C16H17FN4O/c17-13-6-3-9-19-15(13)21-10-4-5-12(11-21)16(22)20-14-7-1-2-8-18-14/h1-3,6-9,12H,4-5,10-11H2,(H,18,20,22)/t12-/m0/s1. The average Bonchev–Trinajstić information content (AvgIpc) is 2.56. The number of nitrogens with zero attached hydrogens (tertiary/aromatic N) is 3. The van der Waals surface area contributed by atoms with Crippen molar-refractivity contribution in [1.82, 2.24) is 9.97 Å². The van der Waals surface area contributed by atoms with E-state index in [1.807, 2.05) is 11.0 Å². The van der Waals surface area contributed by atoms with Crippen LogP contribution in [0.3, 0.4) is 0 Å². The van der Waals surface area contributed by atoms with E-state index in [4.69, 9.17) is 0 Å². The highest BCUT2D eigenvalue weighted by molar-refractivity contribution is 5.92. The first kappa shape index (κ1) is 14.4. The van der Waals surface area contributed by atoms with E-state index < -0.39 is 0 Å². The van der Waals surface area contributed by atoms with Gasteiger partial charge in [0.05, 0.1) is 5.92 Å². The minimum Gasteiger partial charge on any atom is -0.353 e. The molecule has 0 aromatic carbocycles. The number of aromatic nitrogens is 2. The summed E-state index contributed by atoms with van der Waals surface area (Å²) < 4.78 is 13.8. The molecule has 6 heteroatoms. The summed E-state index contributed by atoms with van der Waals surface area (Å²) in [4.78, 5) is 22.3. The SMILES string of the molecule is O=C(Nc1ccccn1)[C@H]1CCCN(c2ncccc2F)C1. The molecule has 0 aliphatic carbocycles. The molecular formula is C16H17FN4O. The van der Waals surface area contributed by atoms with E-state index in [-0.39, 0.29) is 17.6 Å². The lowest BCUT2D eigenvalue weighted by atomic mass is 9.97. The lowest BCUT2D eigenvalue weighted by Crippen LogP contribution is -2.41. The Morgan fingerprint density at radius 2 is 2.09 bits per heavy atom. The van der Waals surface area contributed by atoms with Crippen LogP contribution >= 0.6 is 0 Å². The molecule has 1 fully saturated rings. The van der Waals surface area contributed by atoms with Gasteiger partial charge in [-0.2, -0.15) is 0 Å². The van der Waals surface area contributed by atoms with Gasteiger partial charge in [-0.05, 0) is 37.1 Å². The average molecular weight is 300 g/mol. The van der Waals surface area contributed by atoms with Gasteiger partial charge in [0.25, 0.3) is 0 Å². The fourth-order valence-corrected chi connectivity index (χ4v) is 2.66. The van der Waals surface area contributed by atoms with Crippen LogP contribution in [0.2, 0.25) is 0 Å². The lowest BCUT2D eigenvalue weighted by molar-refractivity contribution is -0.120. The van der Waals surface area contributed by atoms with Crippen molar-refractivity contribution in [3.8, 4) is 0 Å². The summed E-state index contributed by atoms with van der Waals surface area (Å²) in [5.41, 5.74) is 0. The van der Waals surface area contributed by atoms with Crippen LogP contribution < -0.4 is 10.2 Å². The van der Waals surface area contributed by atoms with E-state index in [0.717, 1.165) is 12.8 Å². The minimum atomic E-state index is -0.353. The Bertz CT molecular complexity index is 650. The number of rotatable bonds is 3. The summed E-state index contributed by atoms with van der Waals surface area (Å²) in [6, 6.07) is 8.31. The number of pyridine rings is 2. The zero-order valence-electron chi connectivity index (χ0n) is 12.1. The monoisotopic (exact) mass is 300 g/mol. The van der Waals surface area contributed by atoms with E-state index in [1.165, 1.54) is 6.07 Å². The van der Waals surface area contributed by atoms with Gasteiger partial charge >= 0.3 is 0 Å². The molecule has 1 aliphatic heterocycles. The van der Waals surface area contributed by atoms with Crippen molar-refractivity contribution >= 4 is 17.5 Å². The molecule has 0 spiro atoms. The molecule has 1 atom stereocenters. The molecule has 1 saturated heterocycles. The van der Waals surface area contributed by atoms with E-state index in [1.54, 1.807) is 30.6 Å². The first-order valence-electron chi connectivity index (χ1n) is 7.31. The van der Waals surface area contributed by atoms with Gasteiger partial charge in [-0.3, -0.25) is 4.79 Å². The summed E-state index contributed by atoms with van der Waals surface area (Å²) in [5.74, 6) is 0.219. The van der Waals surface area contributed by atoms with Crippen LogP contribution in [0.1, 0.15) is 12.8 Å². The molecule has 3 heterocycles. The smallest absolute Gasteiger partial charge is 0.230 e. The molecule has 1 aliphatic rings. The number of piperidine rings is 1. The second-order valence-corrected chi connectivity index (χ2v) is 5.30. The molecule has 2 aromatic heterocycles. The molecule has 1 N–H and O–H groups in total. The van der Waals surface area contributed by atoms with Gasteiger partial charge in [-0.15, -0.1) is 0 Å². The molecule has 2 aromatic rings. The van der Waals surface area contributed by atoms with Crippen LogP contribution in [-0.4, -0.2) is 29.0 Å². The molecule has 0 unspecified atom stereocenters. The van der Waals surface area contributed by atoms with Gasteiger partial charge < -0.3 is 10.2 Å². The summed E-state index contributed by atoms with van der Waals surface area (Å²) in [6.07, 6.45) is 4.81. The first-order chi connectivity index (χ1) is 10.7. The molecule has 1 amide bonds. The Hall–Kier alpha value is -2.50. The van der Waals surface area contributed by atoms with Crippen molar-refractivity contribution in [1.29, 1.82) is 0 Å². The predicted octanol–water partition coefficient (Wildman–Crippen LogP) is 2.47. The zero-order chi connectivity index (χ0) is 15.4. The third-order valence-corrected chi connectivity index (χ3v) is 3.75. The van der Waals surface area contributed by atoms with Crippen molar-refractivity contribution in [2.45, 2.75) is 12.8 Å². The maximum Gasteiger partial charge on any atom is 0.230 e. The third-order valence-electron chi connectivity index (χ3n) is 3.75. The molecule has 22 heavy (non-hydrogen) atoms. The van der Waals surface area contributed by atoms with Crippen LogP contribution in [0.15, 0.2) is 42.7 Å². The first-order valence-corrected chi connectivity index (χ1v) is 7.31. The molecule has 114 valence electrons. The number of halogens is 1. The molecule has 3 rings (SSSR count). The Kier molecular flexibility index (Phi) is 4.27. The van der Waals surface area contributed by atoms with Gasteiger partial charge in [0.1, 0.15) is 5.82 Å². The minimum absolute atomic E-state index is 0.0836. The van der Waals surface area contributed by atoms with Crippen molar-refractivity contribution in [2.75, 3.05) is 23.3 Å². The summed E-state index contributed by atoms with van der Waals surface area (Å²) in [7, 11) is 0. The highest BCUT2D eigenvalue weighted by Gasteiger charge is 2.27. The normalized spacial score (nSPS) is 18.0. The maximum absolute atomic E-state index is 13.8. The Balaban J connectivity index is 1.68. The number of hydrogen-bond donors (Lipinski definition) is 1. The number of hydrogen-bond acceptors (Lipinski definition) is 4. The lowest BCUT2D eigenvalue weighted by Gasteiger charge is -2.32. The largest absolute Gasteiger partial charge is 0.353 e. The van der Waals surface area contributed by atoms with Crippen LogP contribution in [0.4, 0.5) is 16.0 Å². The number of amides is 1. The van der Waals surface area contributed by atoms with Gasteiger partial charge in [0, 0.05) is 25.5 Å². The molecule has 0 bridgehead atoms. The molecular weight excluding hydrogens is 283 g/mol. The fourth-order valence-electron chi connectivity index (χ4n) is 2.66. The second-order valence-electron chi connectivity index (χ2n) is 5.30. The highest BCUT2D eigenvalue weighted by atomic mass is 19.1. The van der Waals surface area contributed by atoms with E-state index in [0.29, 0.717) is 24.7 Å². The van der Waals surface area contributed by atoms with Crippen LogP contribution in [0.25, 0.3) is 0 Å². The number of nitrogens with one attached hydrogen (secondary N) is 1. The molecule has 0 saturated carbocycles. The molecule has 0 radical (unpaired) electrons. The number of carbonyl (C=O) groups is 1. The van der Waals surface area contributed by atoms with Crippen molar-refractivity contribution in [3.63, 3.8) is 0 Å². The Labute approximate surface area is 128 Å². The predicted molar refractivity (Wildman–Crippen MR) is 82.0 cm³/mol. The van der Waals surface area contributed by atoms with Crippen LogP contribution in [0, 0.1) is 11.7 Å². The third kappa shape index (κ3) is 3.21. The summed E-state index contributed by atoms with van der Waals surface area (Å²) in [5, 5.41) is 2.81. The van der Waals surface area contributed by atoms with Crippen molar-refractivity contribution in [2.24, 2.45) is 5.92 Å². The zero-order valence-corrected chi connectivity index (χ0v) is 12.1. The van der Waals surface area contributed by atoms with E-state index >= 15 is 0 Å². The van der Waals surface area contributed by atoms with Gasteiger partial charge in [0.15, 0.2) is 11.6 Å². The van der Waals surface area contributed by atoms with Gasteiger partial charge in [0.2, 0.25) is 5.91 Å². The topological polar surface area (TPSA) is 58.1 Å². The fraction of sp³-hybridized carbons (Fsp3) is 0.312. The number of anilines is 2. The van der Waals surface area contributed by atoms with E-state index in [2.05, 4.69) is 15.3 Å². The highest BCUT2D eigenvalue weighted by Crippen LogP contribution is 2.24.